The number of nitrogens with zero attached hydrogens (tertiary/aromatic N) is 4. The number of thioether (sulfide) groups is 1. The molecule has 104 valence electrons. The van der Waals surface area contributed by atoms with E-state index in [1.807, 2.05) is 41.5 Å². The molecule has 2 aliphatic heterocycles. The van der Waals surface area contributed by atoms with Crippen LogP contribution in [0.2, 0.25) is 0 Å². The van der Waals surface area contributed by atoms with E-state index in [0.29, 0.717) is 0 Å². The van der Waals surface area contributed by atoms with Crippen LogP contribution in [0.1, 0.15) is 0 Å². The Balaban J connectivity index is 1.74. The van der Waals surface area contributed by atoms with Gasteiger partial charge < -0.3 is 9.80 Å². The molecule has 0 saturated carbocycles. The molecule has 1 amide bonds. The van der Waals surface area contributed by atoms with Gasteiger partial charge in [0.05, 0.1) is 11.4 Å². The van der Waals surface area contributed by atoms with E-state index in [9.17, 15) is 4.79 Å². The molecule has 1 aliphatic carbocycles. The first-order valence-corrected chi connectivity index (χ1v) is 7.81. The first-order valence-electron chi connectivity index (χ1n) is 6.58. The van der Waals surface area contributed by atoms with Gasteiger partial charge in [-0.2, -0.15) is 0 Å². The Labute approximate surface area is 122 Å². The van der Waals surface area contributed by atoms with Crippen molar-refractivity contribution in [2.45, 2.75) is 0 Å². The summed E-state index contributed by atoms with van der Waals surface area (Å²) in [5, 5.41) is 0.144. The van der Waals surface area contributed by atoms with Crippen LogP contribution in [-0.2, 0) is 0 Å². The van der Waals surface area contributed by atoms with Gasteiger partial charge >= 0.3 is 0 Å². The molecule has 20 heavy (non-hydrogen) atoms. The molecule has 0 atom stereocenters. The number of piperazine rings is 1. The number of amides is 1. The van der Waals surface area contributed by atoms with Crippen LogP contribution in [0.25, 0.3) is 11.4 Å². The average molecular weight is 288 g/mol. The molecule has 0 bridgehead atoms. The minimum absolute atomic E-state index is 0.144. The molecule has 2 heterocycles. The summed E-state index contributed by atoms with van der Waals surface area (Å²) in [4.78, 5) is 24.8. The van der Waals surface area contributed by atoms with E-state index in [-0.39, 0.29) is 5.24 Å². The van der Waals surface area contributed by atoms with E-state index in [0.717, 1.165) is 43.5 Å². The van der Waals surface area contributed by atoms with Gasteiger partial charge in [-0.15, -0.1) is 0 Å². The number of rotatable bonds is 1. The number of hydrogen-bond donors (Lipinski definition) is 0. The number of carbonyl (C=O) groups excluding carboxylic acids is 1. The number of aromatic nitrogens is 2. The molecular formula is C14H16N4OS. The Morgan fingerprint density at radius 1 is 1.05 bits per heavy atom. The summed E-state index contributed by atoms with van der Waals surface area (Å²) in [6.07, 6.45) is 1.82. The topological polar surface area (TPSA) is 49.3 Å². The molecule has 0 aromatic rings. The van der Waals surface area contributed by atoms with Crippen LogP contribution in [0.15, 0.2) is 30.3 Å². The van der Waals surface area contributed by atoms with Crippen LogP contribution in [0, 0.1) is 0 Å². The smallest absolute Gasteiger partial charge is 0.281 e. The van der Waals surface area contributed by atoms with Crippen molar-refractivity contribution in [2.24, 2.45) is 0 Å². The van der Waals surface area contributed by atoms with E-state index >= 15 is 0 Å². The zero-order valence-electron chi connectivity index (χ0n) is 11.3. The van der Waals surface area contributed by atoms with Gasteiger partial charge in [-0.25, -0.2) is 9.97 Å². The predicted octanol–water partition coefficient (Wildman–Crippen LogP) is 2.19. The van der Waals surface area contributed by atoms with Gasteiger partial charge in [0.15, 0.2) is 0 Å². The van der Waals surface area contributed by atoms with Crippen molar-refractivity contribution >= 4 is 22.9 Å². The number of carbonyl (C=O) groups is 1. The fraction of sp³-hybridized carbons (Fsp3) is 0.357. The maximum atomic E-state index is 11.6. The maximum absolute atomic E-state index is 11.6. The van der Waals surface area contributed by atoms with E-state index in [2.05, 4.69) is 14.9 Å². The first-order chi connectivity index (χ1) is 9.78. The lowest BCUT2D eigenvalue weighted by atomic mass is 10.3. The van der Waals surface area contributed by atoms with Crippen molar-refractivity contribution in [1.29, 1.82) is 0 Å². The molecule has 0 radical (unpaired) electrons. The van der Waals surface area contributed by atoms with Crippen LogP contribution in [0.5, 0.6) is 0 Å². The average Bonchev–Trinajstić information content (AvgIpc) is 2.77. The molecule has 1 fully saturated rings. The Morgan fingerprint density at radius 3 is 2.20 bits per heavy atom. The highest BCUT2D eigenvalue weighted by molar-refractivity contribution is 8.12. The van der Waals surface area contributed by atoms with Crippen LogP contribution in [0.4, 0.5) is 10.7 Å². The third-order valence-corrected chi connectivity index (χ3v) is 4.04. The Kier molecular flexibility index (Phi) is 3.73. The van der Waals surface area contributed by atoms with Gasteiger partial charge in [0.25, 0.3) is 5.24 Å². The molecule has 0 unspecified atom stereocenters. The third-order valence-electron chi connectivity index (χ3n) is 3.43. The van der Waals surface area contributed by atoms with E-state index in [1.165, 1.54) is 11.8 Å². The normalized spacial score (nSPS) is 15.7. The fourth-order valence-electron chi connectivity index (χ4n) is 2.32. The van der Waals surface area contributed by atoms with Crippen molar-refractivity contribution < 1.29 is 4.79 Å². The number of imidazole rings is 1. The van der Waals surface area contributed by atoms with Crippen LogP contribution in [0.3, 0.4) is 0 Å². The molecule has 0 aromatic carbocycles. The van der Waals surface area contributed by atoms with Gasteiger partial charge in [-0.05, 0) is 18.4 Å². The lowest BCUT2D eigenvalue weighted by Crippen LogP contribution is -2.48. The van der Waals surface area contributed by atoms with Crippen molar-refractivity contribution in [3.63, 3.8) is 0 Å². The molecular weight excluding hydrogens is 272 g/mol. The monoisotopic (exact) mass is 288 g/mol. The summed E-state index contributed by atoms with van der Waals surface area (Å²) in [5.41, 5.74) is 1.82. The van der Waals surface area contributed by atoms with E-state index in [1.54, 1.807) is 0 Å². The van der Waals surface area contributed by atoms with Crippen LogP contribution >= 0.6 is 11.8 Å². The highest BCUT2D eigenvalue weighted by Gasteiger charge is 2.23. The Hall–Kier alpha value is -1.82. The molecule has 0 spiro atoms. The zero-order valence-corrected chi connectivity index (χ0v) is 12.1. The fourth-order valence-corrected chi connectivity index (χ4v) is 2.76. The van der Waals surface area contributed by atoms with Gasteiger partial charge in [-0.3, -0.25) is 4.79 Å². The Bertz CT molecular complexity index is 553. The maximum Gasteiger partial charge on any atom is 0.281 e. The number of fused-ring (bicyclic) bond motifs is 1. The molecule has 5 nitrogen and oxygen atoms in total. The number of anilines is 1. The molecule has 0 N–H and O–H groups in total. The Morgan fingerprint density at radius 2 is 1.65 bits per heavy atom. The second kappa shape index (κ2) is 5.66. The van der Waals surface area contributed by atoms with Crippen molar-refractivity contribution in [2.75, 3.05) is 37.3 Å². The largest absolute Gasteiger partial charge is 0.337 e. The van der Waals surface area contributed by atoms with Crippen molar-refractivity contribution in [1.82, 2.24) is 14.9 Å². The van der Waals surface area contributed by atoms with E-state index in [4.69, 9.17) is 0 Å². The lowest BCUT2D eigenvalue weighted by molar-refractivity contribution is 0.219. The van der Waals surface area contributed by atoms with Gasteiger partial charge in [0.2, 0.25) is 5.95 Å². The second-order valence-corrected chi connectivity index (χ2v) is 5.41. The quantitative estimate of drug-likeness (QED) is 0.805. The highest BCUT2D eigenvalue weighted by atomic mass is 32.2. The van der Waals surface area contributed by atoms with Gasteiger partial charge in [-0.1, -0.05) is 30.0 Å². The summed E-state index contributed by atoms with van der Waals surface area (Å²) >= 11 is 1.27. The molecule has 6 heteroatoms. The summed E-state index contributed by atoms with van der Waals surface area (Å²) in [6.45, 7) is 3.04. The van der Waals surface area contributed by atoms with Crippen molar-refractivity contribution in [3.05, 3.63) is 30.3 Å². The van der Waals surface area contributed by atoms with Gasteiger partial charge in [0.1, 0.15) is 0 Å². The minimum Gasteiger partial charge on any atom is -0.337 e. The molecule has 1 saturated heterocycles. The van der Waals surface area contributed by atoms with Gasteiger partial charge in [0, 0.05) is 26.2 Å². The first kappa shape index (κ1) is 13.2. The van der Waals surface area contributed by atoms with E-state index < -0.39 is 0 Å². The standard InChI is InChI=1S/C14H16N4OS/c1-20-14(19)18-9-7-17(8-10-18)13-15-11-5-3-2-4-6-12(11)16-13/h2-6H,7-10H2,1H3. The molecule has 3 rings (SSSR count). The van der Waals surface area contributed by atoms with Crippen LogP contribution < -0.4 is 4.90 Å². The zero-order chi connectivity index (χ0) is 13.9. The number of hydrogen-bond acceptors (Lipinski definition) is 5. The minimum atomic E-state index is 0.144. The third kappa shape index (κ3) is 2.56. The van der Waals surface area contributed by atoms with Crippen molar-refractivity contribution in [3.8, 4) is 11.4 Å². The molecule has 3 aliphatic rings. The predicted molar refractivity (Wildman–Crippen MR) is 81.4 cm³/mol. The lowest BCUT2D eigenvalue weighted by Gasteiger charge is -2.33. The summed E-state index contributed by atoms with van der Waals surface area (Å²) in [7, 11) is 0. The summed E-state index contributed by atoms with van der Waals surface area (Å²) in [6, 6.07) is 9.85. The second-order valence-electron chi connectivity index (χ2n) is 4.65. The SMILES string of the molecule is CSC(=O)N1CCN(c2nc3cccccc-3n2)CC1. The highest BCUT2D eigenvalue weighted by Crippen LogP contribution is 2.23. The summed E-state index contributed by atoms with van der Waals surface area (Å²) < 4.78 is 0. The summed E-state index contributed by atoms with van der Waals surface area (Å²) in [5.74, 6) is 0.766. The molecule has 0 aromatic heterocycles. The van der Waals surface area contributed by atoms with Crippen LogP contribution in [-0.4, -0.2) is 52.5 Å².